The van der Waals surface area contributed by atoms with Gasteiger partial charge in [-0.05, 0) is 24.1 Å². The zero-order chi connectivity index (χ0) is 22.1. The summed E-state index contributed by atoms with van der Waals surface area (Å²) in [5, 5.41) is 30.6. The molecular formula is C19H26N4O6S. The van der Waals surface area contributed by atoms with Gasteiger partial charge in [0.25, 0.3) is 0 Å². The second kappa shape index (κ2) is 11.6. The van der Waals surface area contributed by atoms with Crippen molar-refractivity contribution in [2.45, 2.75) is 12.5 Å². The van der Waals surface area contributed by atoms with Gasteiger partial charge in [-0.15, -0.1) is 0 Å². The maximum absolute atomic E-state index is 11.4. The highest BCUT2D eigenvalue weighted by atomic mass is 32.1. The lowest BCUT2D eigenvalue weighted by Gasteiger charge is -2.40. The fourth-order valence-corrected chi connectivity index (χ4v) is 3.69. The molecule has 0 bridgehead atoms. The second-order valence-corrected chi connectivity index (χ2v) is 7.41. The zero-order valence-electron chi connectivity index (χ0n) is 16.4. The number of nitrogens with zero attached hydrogens (tertiary/aromatic N) is 3. The minimum absolute atomic E-state index is 0.188. The summed E-state index contributed by atoms with van der Waals surface area (Å²) in [4.78, 5) is 38.9. The van der Waals surface area contributed by atoms with Crippen LogP contribution in [-0.2, 0) is 20.8 Å². The quantitative estimate of drug-likeness (QED) is 0.371. The van der Waals surface area contributed by atoms with Crippen LogP contribution in [0.2, 0.25) is 0 Å². The summed E-state index contributed by atoms with van der Waals surface area (Å²) >= 11 is 4.77. The van der Waals surface area contributed by atoms with E-state index in [2.05, 4.69) is 5.32 Å². The molecule has 1 unspecified atom stereocenters. The minimum atomic E-state index is -1.02. The number of aliphatic carboxylic acids is 3. The first kappa shape index (κ1) is 23.7. The Morgan fingerprint density at radius 1 is 0.967 bits per heavy atom. The lowest BCUT2D eigenvalue weighted by atomic mass is 10.0. The molecule has 1 aromatic rings. The molecule has 0 spiro atoms. The number of carboxylic acids is 3. The van der Waals surface area contributed by atoms with Gasteiger partial charge >= 0.3 is 17.9 Å². The first-order chi connectivity index (χ1) is 14.3. The molecule has 0 radical (unpaired) electrons. The third kappa shape index (κ3) is 8.03. The molecule has 1 aromatic carbocycles. The summed E-state index contributed by atoms with van der Waals surface area (Å²) in [6.07, 6.45) is 0.528. The van der Waals surface area contributed by atoms with Crippen LogP contribution in [0.4, 0.5) is 5.69 Å². The van der Waals surface area contributed by atoms with Crippen LogP contribution in [0.25, 0.3) is 0 Å². The van der Waals surface area contributed by atoms with Crippen molar-refractivity contribution >= 4 is 41.3 Å². The van der Waals surface area contributed by atoms with Gasteiger partial charge in [-0.3, -0.25) is 29.1 Å². The zero-order valence-corrected chi connectivity index (χ0v) is 17.3. The molecule has 164 valence electrons. The summed E-state index contributed by atoms with van der Waals surface area (Å²) in [5.41, 5.74) is 3.22. The smallest absolute Gasteiger partial charge is 0.317 e. The van der Waals surface area contributed by atoms with Gasteiger partial charge in [0.05, 0.1) is 31.8 Å². The van der Waals surface area contributed by atoms with Crippen molar-refractivity contribution in [3.8, 4) is 0 Å². The monoisotopic (exact) mass is 438 g/mol. The number of hydrogen-bond acceptors (Lipinski definition) is 7. The normalized spacial score (nSPS) is 18.9. The van der Waals surface area contributed by atoms with Gasteiger partial charge in [-0.2, -0.15) is 0 Å². The van der Waals surface area contributed by atoms with E-state index in [0.717, 1.165) is 11.3 Å². The summed E-state index contributed by atoms with van der Waals surface area (Å²) in [6.45, 7) is 0.473. The van der Waals surface area contributed by atoms with Crippen LogP contribution < -0.4 is 5.32 Å². The Morgan fingerprint density at radius 3 is 2.13 bits per heavy atom. The van der Waals surface area contributed by atoms with Crippen molar-refractivity contribution < 1.29 is 29.7 Å². The van der Waals surface area contributed by atoms with Crippen molar-refractivity contribution in [3.05, 3.63) is 29.8 Å². The third-order valence-corrected chi connectivity index (χ3v) is 4.91. The third-order valence-electron chi connectivity index (χ3n) is 4.80. The number of carbonyl (C=O) groups is 3. The van der Waals surface area contributed by atoms with Crippen LogP contribution in [0.5, 0.6) is 0 Å². The lowest BCUT2D eigenvalue weighted by molar-refractivity contribution is -0.143. The highest BCUT2D eigenvalue weighted by Gasteiger charge is 2.29. The van der Waals surface area contributed by atoms with Crippen LogP contribution in [0.3, 0.4) is 0 Å². The predicted octanol–water partition coefficient (Wildman–Crippen LogP) is 0.0977. The van der Waals surface area contributed by atoms with Crippen molar-refractivity contribution in [1.82, 2.24) is 14.7 Å². The lowest BCUT2D eigenvalue weighted by Crippen LogP contribution is -2.56. The van der Waals surface area contributed by atoms with E-state index in [1.165, 1.54) is 5.49 Å². The molecular weight excluding hydrogens is 412 g/mol. The number of benzene rings is 1. The van der Waals surface area contributed by atoms with Crippen LogP contribution in [0.15, 0.2) is 24.3 Å². The molecule has 0 aromatic heterocycles. The summed E-state index contributed by atoms with van der Waals surface area (Å²) in [6, 6.07) is 7.32. The van der Waals surface area contributed by atoms with E-state index < -0.39 is 17.9 Å². The Labute approximate surface area is 179 Å². The molecule has 1 aliphatic heterocycles. The molecule has 1 saturated heterocycles. The maximum Gasteiger partial charge on any atom is 0.317 e. The largest absolute Gasteiger partial charge is 0.480 e. The number of nitrogens with one attached hydrogen (secondary N) is 1. The molecule has 1 atom stereocenters. The fourth-order valence-electron chi connectivity index (χ4n) is 3.56. The number of carboxylic acid groups (broad SMARTS) is 3. The van der Waals surface area contributed by atoms with Crippen LogP contribution >= 0.6 is 12.2 Å². The van der Waals surface area contributed by atoms with Crippen molar-refractivity contribution in [2.75, 3.05) is 51.3 Å². The van der Waals surface area contributed by atoms with Crippen LogP contribution in [0.1, 0.15) is 5.56 Å². The molecule has 0 aliphatic carbocycles. The Balaban J connectivity index is 2.23. The van der Waals surface area contributed by atoms with E-state index in [9.17, 15) is 24.6 Å². The molecule has 30 heavy (non-hydrogen) atoms. The summed E-state index contributed by atoms with van der Waals surface area (Å²) in [5.74, 6) is -3.03. The molecule has 0 amide bonds. The van der Waals surface area contributed by atoms with E-state index in [1.54, 1.807) is 14.7 Å². The van der Waals surface area contributed by atoms with Gasteiger partial charge in [-0.25, -0.2) is 0 Å². The molecule has 4 N–H and O–H groups in total. The first-order valence-electron chi connectivity index (χ1n) is 9.40. The van der Waals surface area contributed by atoms with Crippen LogP contribution in [0, 0.1) is 0 Å². The molecule has 1 fully saturated rings. The maximum atomic E-state index is 11.4. The van der Waals surface area contributed by atoms with Crippen molar-refractivity contribution in [2.24, 2.45) is 0 Å². The van der Waals surface area contributed by atoms with Crippen molar-refractivity contribution in [3.63, 3.8) is 0 Å². The molecule has 1 heterocycles. The number of anilines is 1. The van der Waals surface area contributed by atoms with E-state index in [1.807, 2.05) is 24.3 Å². The fraction of sp³-hybridized carbons (Fsp3) is 0.474. The average molecular weight is 439 g/mol. The van der Waals surface area contributed by atoms with Crippen LogP contribution in [-0.4, -0.2) is 105 Å². The number of hydrogen-bond donors (Lipinski definition) is 4. The minimum Gasteiger partial charge on any atom is -0.480 e. The summed E-state index contributed by atoms with van der Waals surface area (Å²) < 4.78 is 0. The van der Waals surface area contributed by atoms with Crippen molar-refractivity contribution in [1.29, 1.82) is 0 Å². The summed E-state index contributed by atoms with van der Waals surface area (Å²) in [7, 11) is 0. The second-order valence-electron chi connectivity index (χ2n) is 7.17. The standard InChI is InChI=1S/C19H26N4O6S/c24-17(25)9-21-5-6-23(11-19(28)29)16(8-22(13-21)10-18(26)27)7-14-1-3-15(4-2-14)20-12-30/h1-4,12,16H,5-11,13H2,(H,20,30)(H,24,25)(H,26,27)(H,28,29). The van der Waals surface area contributed by atoms with Gasteiger partial charge in [0.2, 0.25) is 0 Å². The molecule has 0 saturated carbocycles. The van der Waals surface area contributed by atoms with E-state index in [-0.39, 0.29) is 32.3 Å². The Kier molecular flexibility index (Phi) is 9.12. The number of thiocarbonyl (C=S) groups is 1. The average Bonchev–Trinajstić information content (AvgIpc) is 2.64. The molecule has 2 rings (SSSR count). The Hall–Kier alpha value is -2.60. The molecule has 11 heteroatoms. The topological polar surface area (TPSA) is 134 Å². The highest BCUT2D eigenvalue weighted by Crippen LogP contribution is 2.16. The Bertz CT molecular complexity index is 760. The Morgan fingerprint density at radius 2 is 1.57 bits per heavy atom. The highest BCUT2D eigenvalue weighted by molar-refractivity contribution is 7.79. The van der Waals surface area contributed by atoms with E-state index >= 15 is 0 Å². The van der Waals surface area contributed by atoms with E-state index in [0.29, 0.717) is 26.1 Å². The van der Waals surface area contributed by atoms with Gasteiger partial charge in [0.1, 0.15) is 0 Å². The molecule has 10 nitrogen and oxygen atoms in total. The molecule has 1 aliphatic rings. The predicted molar refractivity (Wildman–Crippen MR) is 114 cm³/mol. The first-order valence-corrected chi connectivity index (χ1v) is 9.87. The van der Waals surface area contributed by atoms with Gasteiger partial charge in [0.15, 0.2) is 0 Å². The SMILES string of the molecule is O=C(O)CN1CCN(CC(=O)O)C(Cc2ccc(NC=S)cc2)CN(CC(=O)O)C1. The van der Waals surface area contributed by atoms with E-state index in [4.69, 9.17) is 17.3 Å². The van der Waals surface area contributed by atoms with Gasteiger partial charge in [-0.1, -0.05) is 24.4 Å². The number of rotatable bonds is 10. The van der Waals surface area contributed by atoms with Gasteiger partial charge < -0.3 is 20.6 Å². The van der Waals surface area contributed by atoms with Gasteiger partial charge in [0, 0.05) is 31.4 Å².